The number of anilines is 5. The lowest BCUT2D eigenvalue weighted by Crippen LogP contribution is -2.77. The molecule has 1 aromatic heterocycles. The second kappa shape index (κ2) is 22.2. The van der Waals surface area contributed by atoms with Gasteiger partial charge in [-0.1, -0.05) is 315 Å². The zero-order valence-corrected chi connectivity index (χ0v) is 50.3. The standard InChI is InChI=1S/C81H59N5Si2/c1-8-32-58(33-9-1)65-46-30-48-67(77(65)85-69-50-22-26-54-73(69)87(61-38-14-4-15-39-61,62-40-16-5-17-41-62)74-55-27-23-51-70(74)85)80-82-79(60-36-12-3-13-37-60)83-81(84-80)68-49-31-47-66(59-34-10-2-11-35-59)78(68)86-71-52-24-28-56-75(71)88(63-42-18-6-19-43-63,64-44-20-7-21-45-64)76-57-29-25-53-72(76)86/h1-57,69,73H. The molecule has 0 saturated carbocycles. The van der Waals surface area contributed by atoms with E-state index in [4.69, 9.17) is 15.0 Å². The SMILES string of the molecule is C1=CC2C(C=C1)[Si](c1ccccc1)(c1ccccc1)c1ccccc1N2c1c(-c2ccccc2)cccc1-c1nc(-c2ccccc2)nc(-c2cccc(-c3ccccc3)c2N2c3ccccc3[Si](c3ccccc3)(c3ccccc3)c3ccccc32)n1. The van der Waals surface area contributed by atoms with E-state index in [1.54, 1.807) is 0 Å². The van der Waals surface area contributed by atoms with Gasteiger partial charge in [0.15, 0.2) is 33.6 Å². The van der Waals surface area contributed by atoms with E-state index < -0.39 is 16.1 Å². The first-order valence-corrected chi connectivity index (χ1v) is 34.4. The molecule has 3 heterocycles. The van der Waals surface area contributed by atoms with Crippen molar-refractivity contribution in [3.05, 3.63) is 346 Å². The molecule has 2 aliphatic heterocycles. The van der Waals surface area contributed by atoms with Gasteiger partial charge in [0.25, 0.3) is 0 Å². The zero-order valence-electron chi connectivity index (χ0n) is 48.3. The number of aromatic nitrogens is 3. The van der Waals surface area contributed by atoms with Crippen LogP contribution in [-0.2, 0) is 0 Å². The minimum Gasteiger partial charge on any atom is -0.333 e. The molecule has 13 aromatic rings. The molecule has 3 aliphatic rings. The molecule has 0 fully saturated rings. The van der Waals surface area contributed by atoms with Gasteiger partial charge in [0.1, 0.15) is 0 Å². The highest BCUT2D eigenvalue weighted by atomic mass is 28.3. The molecule has 7 heteroatoms. The van der Waals surface area contributed by atoms with E-state index in [2.05, 4.69) is 356 Å². The van der Waals surface area contributed by atoms with Crippen LogP contribution in [0.3, 0.4) is 0 Å². The van der Waals surface area contributed by atoms with E-state index in [1.807, 2.05) is 0 Å². The van der Waals surface area contributed by atoms with Crippen LogP contribution >= 0.6 is 0 Å². The molecule has 88 heavy (non-hydrogen) atoms. The van der Waals surface area contributed by atoms with Crippen molar-refractivity contribution < 1.29 is 0 Å². The Balaban J connectivity index is 0.984. The van der Waals surface area contributed by atoms with Gasteiger partial charge in [-0.25, -0.2) is 15.0 Å². The molecule has 0 saturated heterocycles. The van der Waals surface area contributed by atoms with E-state index in [-0.39, 0.29) is 11.6 Å². The Labute approximate surface area is 516 Å². The fourth-order valence-corrected chi connectivity index (χ4v) is 25.5. The van der Waals surface area contributed by atoms with Gasteiger partial charge in [0, 0.05) is 50.4 Å². The number of nitrogens with zero attached hydrogens (tertiary/aromatic N) is 5. The summed E-state index contributed by atoms with van der Waals surface area (Å²) in [6, 6.07) is 118. The number of fused-ring (bicyclic) bond motifs is 4. The van der Waals surface area contributed by atoms with Crippen LogP contribution in [0.25, 0.3) is 56.4 Å². The molecule has 2 atom stereocenters. The topological polar surface area (TPSA) is 45.2 Å². The summed E-state index contributed by atoms with van der Waals surface area (Å²) in [7, 11) is -5.86. The number of hydrogen-bond acceptors (Lipinski definition) is 5. The van der Waals surface area contributed by atoms with Crippen molar-refractivity contribution in [2.24, 2.45) is 0 Å². The lowest BCUT2D eigenvalue weighted by atomic mass is 9.94. The summed E-state index contributed by atoms with van der Waals surface area (Å²) >= 11 is 0. The number of allylic oxidation sites excluding steroid dienone is 2. The quantitative estimate of drug-likeness (QED) is 0.121. The van der Waals surface area contributed by atoms with Crippen molar-refractivity contribution >= 4 is 80.9 Å². The van der Waals surface area contributed by atoms with Crippen LogP contribution in [-0.4, -0.2) is 37.1 Å². The molecule has 416 valence electrons. The maximum Gasteiger partial charge on any atom is 0.184 e. The average Bonchev–Trinajstić information content (AvgIpc) is 0.738. The molecule has 0 spiro atoms. The number of rotatable bonds is 11. The van der Waals surface area contributed by atoms with Crippen LogP contribution in [0.1, 0.15) is 0 Å². The van der Waals surface area contributed by atoms with Crippen molar-refractivity contribution in [3.8, 4) is 56.4 Å². The average molecular weight is 1160 g/mol. The second-order valence-corrected chi connectivity index (χ2v) is 30.6. The van der Waals surface area contributed by atoms with Crippen molar-refractivity contribution in [1.82, 2.24) is 15.0 Å². The number of hydrogen-bond donors (Lipinski definition) is 0. The van der Waals surface area contributed by atoms with Crippen LogP contribution in [0.4, 0.5) is 28.4 Å². The molecular formula is C81H59N5Si2. The molecule has 0 bridgehead atoms. The fraction of sp³-hybridized carbons (Fsp3) is 0.0247. The maximum absolute atomic E-state index is 5.91. The number of benzene rings is 12. The van der Waals surface area contributed by atoms with E-state index >= 15 is 0 Å². The third-order valence-electron chi connectivity index (χ3n) is 18.3. The largest absolute Gasteiger partial charge is 0.333 e. The van der Waals surface area contributed by atoms with Gasteiger partial charge in [-0.3, -0.25) is 0 Å². The molecule has 1 aliphatic carbocycles. The van der Waals surface area contributed by atoms with Gasteiger partial charge >= 0.3 is 0 Å². The summed E-state index contributed by atoms with van der Waals surface area (Å²) in [6.07, 6.45) is 9.47. The van der Waals surface area contributed by atoms with Crippen molar-refractivity contribution in [2.45, 2.75) is 11.6 Å². The molecule has 5 nitrogen and oxygen atoms in total. The highest BCUT2D eigenvalue weighted by molar-refractivity contribution is 7.21. The van der Waals surface area contributed by atoms with Gasteiger partial charge in [-0.15, -0.1) is 0 Å². The Morgan fingerprint density at radius 2 is 0.636 bits per heavy atom. The highest BCUT2D eigenvalue weighted by Crippen LogP contribution is 2.52. The smallest absolute Gasteiger partial charge is 0.184 e. The zero-order chi connectivity index (χ0) is 58.4. The van der Waals surface area contributed by atoms with Gasteiger partial charge in [0.2, 0.25) is 0 Å². The van der Waals surface area contributed by atoms with Crippen molar-refractivity contribution in [2.75, 3.05) is 9.80 Å². The minimum atomic E-state index is -2.99. The summed E-state index contributed by atoms with van der Waals surface area (Å²) in [6.45, 7) is 0. The number of para-hydroxylation sites is 5. The van der Waals surface area contributed by atoms with E-state index in [1.165, 1.54) is 42.0 Å². The predicted molar refractivity (Wildman–Crippen MR) is 371 cm³/mol. The predicted octanol–water partition coefficient (Wildman–Crippen LogP) is 14.9. The molecule has 12 aromatic carbocycles. The molecular weight excluding hydrogens is 1100 g/mol. The third kappa shape index (κ3) is 8.45. The Morgan fingerprint density at radius 1 is 0.273 bits per heavy atom. The lowest BCUT2D eigenvalue weighted by Gasteiger charge is -2.53. The fourth-order valence-electron chi connectivity index (χ4n) is 14.8. The lowest BCUT2D eigenvalue weighted by molar-refractivity contribution is 0.761. The molecule has 16 rings (SSSR count). The molecule has 2 unspecified atom stereocenters. The molecule has 0 amide bonds. The third-order valence-corrected chi connectivity index (χ3v) is 28.5. The summed E-state index contributed by atoms with van der Waals surface area (Å²) in [5.41, 5.74) is 12.6. The van der Waals surface area contributed by atoms with E-state index in [0.717, 1.165) is 61.7 Å². The van der Waals surface area contributed by atoms with Crippen LogP contribution in [0.5, 0.6) is 0 Å². The first-order chi connectivity index (χ1) is 43.7. The minimum absolute atomic E-state index is 0.0897. The van der Waals surface area contributed by atoms with Gasteiger partial charge < -0.3 is 9.80 Å². The maximum atomic E-state index is 5.91. The normalized spacial score (nSPS) is 15.8. The first-order valence-electron chi connectivity index (χ1n) is 30.4. The van der Waals surface area contributed by atoms with Crippen molar-refractivity contribution in [1.29, 1.82) is 0 Å². The summed E-state index contributed by atoms with van der Waals surface area (Å²) in [5.74, 6) is 1.74. The molecule has 0 radical (unpaired) electrons. The van der Waals surface area contributed by atoms with Gasteiger partial charge in [0.05, 0.1) is 17.4 Å². The monoisotopic (exact) mass is 1160 g/mol. The first kappa shape index (κ1) is 52.7. The summed E-state index contributed by atoms with van der Waals surface area (Å²) < 4.78 is 0. The van der Waals surface area contributed by atoms with E-state index in [0.29, 0.717) is 17.5 Å². The highest BCUT2D eigenvalue weighted by Gasteiger charge is 2.55. The van der Waals surface area contributed by atoms with Gasteiger partial charge in [-0.2, -0.15) is 0 Å². The van der Waals surface area contributed by atoms with Crippen LogP contribution < -0.4 is 46.1 Å². The van der Waals surface area contributed by atoms with Crippen LogP contribution in [0, 0.1) is 0 Å². The molecule has 0 N–H and O–H groups in total. The van der Waals surface area contributed by atoms with Crippen LogP contribution in [0.15, 0.2) is 346 Å². The second-order valence-electron chi connectivity index (χ2n) is 22.9. The van der Waals surface area contributed by atoms with Crippen LogP contribution in [0.2, 0.25) is 5.54 Å². The Bertz CT molecular complexity index is 4630. The summed E-state index contributed by atoms with van der Waals surface area (Å²) in [5, 5.41) is 9.40. The Morgan fingerprint density at radius 3 is 1.14 bits per heavy atom. The van der Waals surface area contributed by atoms with E-state index in [9.17, 15) is 0 Å². The Hall–Kier alpha value is -10.8. The summed E-state index contributed by atoms with van der Waals surface area (Å²) in [4.78, 5) is 22.4. The Kier molecular flexibility index (Phi) is 13.3. The van der Waals surface area contributed by atoms with Crippen molar-refractivity contribution in [3.63, 3.8) is 0 Å². The van der Waals surface area contributed by atoms with Gasteiger partial charge in [-0.05, 0) is 77.8 Å².